The number of H-pyrrole nitrogens is 1. The minimum atomic E-state index is -0.136. The summed E-state index contributed by atoms with van der Waals surface area (Å²) in [6, 6.07) is 8.19. The predicted molar refractivity (Wildman–Crippen MR) is 68.8 cm³/mol. The molecule has 2 heterocycles. The number of nitrogens with zero attached hydrogens (tertiary/aromatic N) is 2. The van der Waals surface area contributed by atoms with Gasteiger partial charge in [0, 0.05) is 23.9 Å². The van der Waals surface area contributed by atoms with E-state index >= 15 is 0 Å². The summed E-state index contributed by atoms with van der Waals surface area (Å²) in [6.07, 6.45) is 3.52. The zero-order valence-electron chi connectivity index (χ0n) is 9.84. The van der Waals surface area contributed by atoms with Crippen LogP contribution in [0.2, 0.25) is 0 Å². The Balaban J connectivity index is 2.22. The molecule has 0 fully saturated rings. The van der Waals surface area contributed by atoms with Gasteiger partial charge >= 0.3 is 0 Å². The zero-order valence-corrected chi connectivity index (χ0v) is 9.84. The zero-order chi connectivity index (χ0) is 12.3. The number of hydrogen-bond donors (Lipinski definition) is 1. The largest absolute Gasteiger partial charge is 0.317 e. The van der Waals surface area contributed by atoms with Gasteiger partial charge in [0.25, 0.3) is 5.56 Å². The number of aromatic amines is 1. The van der Waals surface area contributed by atoms with Crippen LogP contribution in [0.1, 0.15) is 24.1 Å². The highest BCUT2D eigenvalue weighted by molar-refractivity contribution is 5.75. The molecule has 1 unspecified atom stereocenters. The number of hydrogen-bond acceptors (Lipinski definition) is 2. The van der Waals surface area contributed by atoms with E-state index in [2.05, 4.69) is 29.0 Å². The molecular weight excluding hydrogens is 226 g/mol. The highest BCUT2D eigenvalue weighted by atomic mass is 16.1. The highest BCUT2D eigenvalue weighted by Crippen LogP contribution is 2.42. The van der Waals surface area contributed by atoms with Crippen LogP contribution >= 0.6 is 0 Å². The SMILES string of the molecule is CC1c2ccccc2-c2[nH]c(=O)c3nccn3c21. The van der Waals surface area contributed by atoms with Gasteiger partial charge in [-0.05, 0) is 5.56 Å². The van der Waals surface area contributed by atoms with Gasteiger partial charge in [-0.15, -0.1) is 0 Å². The Morgan fingerprint density at radius 2 is 2.17 bits per heavy atom. The van der Waals surface area contributed by atoms with Crippen LogP contribution in [0.3, 0.4) is 0 Å². The molecule has 0 bridgehead atoms. The minimum absolute atomic E-state index is 0.136. The van der Waals surface area contributed by atoms with Crippen LogP contribution in [-0.4, -0.2) is 14.4 Å². The van der Waals surface area contributed by atoms with Crippen LogP contribution in [0.15, 0.2) is 41.5 Å². The molecule has 1 aliphatic carbocycles. The van der Waals surface area contributed by atoms with Crippen molar-refractivity contribution in [2.45, 2.75) is 12.8 Å². The van der Waals surface area contributed by atoms with E-state index in [9.17, 15) is 4.79 Å². The Labute approximate surface area is 103 Å². The molecule has 88 valence electrons. The molecule has 4 rings (SSSR count). The molecule has 1 atom stereocenters. The van der Waals surface area contributed by atoms with Gasteiger partial charge < -0.3 is 4.98 Å². The van der Waals surface area contributed by atoms with Crippen molar-refractivity contribution in [3.05, 3.63) is 58.3 Å². The Morgan fingerprint density at radius 3 is 3.06 bits per heavy atom. The molecule has 2 aromatic heterocycles. The summed E-state index contributed by atoms with van der Waals surface area (Å²) in [5.41, 5.74) is 4.74. The molecule has 18 heavy (non-hydrogen) atoms. The molecule has 4 heteroatoms. The summed E-state index contributed by atoms with van der Waals surface area (Å²) >= 11 is 0. The third-order valence-electron chi connectivity index (χ3n) is 3.70. The topological polar surface area (TPSA) is 50.2 Å². The minimum Gasteiger partial charge on any atom is -0.317 e. The predicted octanol–water partition coefficient (Wildman–Crippen LogP) is 2.15. The molecule has 1 aliphatic rings. The van der Waals surface area contributed by atoms with Crippen molar-refractivity contribution in [2.24, 2.45) is 0 Å². The second-order valence-electron chi connectivity index (χ2n) is 4.64. The highest BCUT2D eigenvalue weighted by Gasteiger charge is 2.28. The quantitative estimate of drug-likeness (QED) is 0.651. The summed E-state index contributed by atoms with van der Waals surface area (Å²) in [6.45, 7) is 2.16. The van der Waals surface area contributed by atoms with Gasteiger partial charge in [0.05, 0.1) is 11.4 Å². The van der Waals surface area contributed by atoms with E-state index in [4.69, 9.17) is 0 Å². The second kappa shape index (κ2) is 3.10. The van der Waals surface area contributed by atoms with Crippen molar-refractivity contribution in [2.75, 3.05) is 0 Å². The fraction of sp³-hybridized carbons (Fsp3) is 0.143. The van der Waals surface area contributed by atoms with Crippen molar-refractivity contribution in [1.29, 1.82) is 0 Å². The lowest BCUT2D eigenvalue weighted by atomic mass is 10.0. The summed E-state index contributed by atoms with van der Waals surface area (Å²) in [4.78, 5) is 19.1. The number of imidazole rings is 1. The number of fused-ring (bicyclic) bond motifs is 5. The number of aromatic nitrogens is 3. The van der Waals surface area contributed by atoms with Crippen LogP contribution in [0, 0.1) is 0 Å². The fourth-order valence-electron chi connectivity index (χ4n) is 2.90. The summed E-state index contributed by atoms with van der Waals surface area (Å²) in [5.74, 6) is 0.268. The normalized spacial score (nSPS) is 16.8. The van der Waals surface area contributed by atoms with Gasteiger partial charge in [0.1, 0.15) is 0 Å². The molecule has 0 amide bonds. The Hall–Kier alpha value is -2.36. The third-order valence-corrected chi connectivity index (χ3v) is 3.70. The van der Waals surface area contributed by atoms with Crippen molar-refractivity contribution in [3.63, 3.8) is 0 Å². The first-order chi connectivity index (χ1) is 8.77. The van der Waals surface area contributed by atoms with Gasteiger partial charge in [-0.25, -0.2) is 4.98 Å². The monoisotopic (exact) mass is 237 g/mol. The summed E-state index contributed by atoms with van der Waals surface area (Å²) in [7, 11) is 0. The molecule has 1 aromatic carbocycles. The maximum Gasteiger partial charge on any atom is 0.292 e. The standard InChI is InChI=1S/C14H11N3O/c1-8-9-4-2-3-5-10(9)11-12(8)17-7-6-15-13(17)14(18)16-11/h2-8H,1H3,(H,16,18). The fourth-order valence-corrected chi connectivity index (χ4v) is 2.90. The van der Waals surface area contributed by atoms with Crippen LogP contribution in [0.25, 0.3) is 16.9 Å². The van der Waals surface area contributed by atoms with E-state index in [0.717, 1.165) is 17.0 Å². The molecule has 1 N–H and O–H groups in total. The number of rotatable bonds is 0. The second-order valence-corrected chi connectivity index (χ2v) is 4.64. The smallest absolute Gasteiger partial charge is 0.292 e. The molecule has 0 saturated carbocycles. The van der Waals surface area contributed by atoms with Gasteiger partial charge in [-0.2, -0.15) is 0 Å². The lowest BCUT2D eigenvalue weighted by Gasteiger charge is -2.08. The van der Waals surface area contributed by atoms with Crippen LogP contribution in [0.4, 0.5) is 0 Å². The first-order valence-electron chi connectivity index (χ1n) is 5.96. The maximum absolute atomic E-state index is 12.0. The van der Waals surface area contributed by atoms with Crippen LogP contribution < -0.4 is 5.56 Å². The first-order valence-corrected chi connectivity index (χ1v) is 5.96. The van der Waals surface area contributed by atoms with Crippen molar-refractivity contribution >= 4 is 5.65 Å². The van der Waals surface area contributed by atoms with E-state index in [-0.39, 0.29) is 11.5 Å². The summed E-state index contributed by atoms with van der Waals surface area (Å²) in [5, 5.41) is 0. The number of nitrogens with one attached hydrogen (secondary N) is 1. The van der Waals surface area contributed by atoms with Crippen LogP contribution in [0.5, 0.6) is 0 Å². The Morgan fingerprint density at radius 1 is 1.33 bits per heavy atom. The molecule has 4 nitrogen and oxygen atoms in total. The molecule has 3 aromatic rings. The lowest BCUT2D eigenvalue weighted by Crippen LogP contribution is -2.14. The summed E-state index contributed by atoms with van der Waals surface area (Å²) < 4.78 is 1.90. The van der Waals surface area contributed by atoms with E-state index < -0.39 is 0 Å². The van der Waals surface area contributed by atoms with E-state index in [1.807, 2.05) is 22.7 Å². The molecular formula is C14H11N3O. The maximum atomic E-state index is 12.0. The molecule has 0 spiro atoms. The van der Waals surface area contributed by atoms with Gasteiger partial charge in [-0.3, -0.25) is 9.20 Å². The molecule has 0 aliphatic heterocycles. The van der Waals surface area contributed by atoms with Gasteiger partial charge in [0.2, 0.25) is 5.65 Å². The van der Waals surface area contributed by atoms with E-state index in [0.29, 0.717) is 5.65 Å². The third kappa shape index (κ3) is 1.00. The molecule has 0 radical (unpaired) electrons. The van der Waals surface area contributed by atoms with E-state index in [1.54, 1.807) is 6.20 Å². The van der Waals surface area contributed by atoms with Gasteiger partial charge in [0.15, 0.2) is 0 Å². The average molecular weight is 237 g/mol. The lowest BCUT2D eigenvalue weighted by molar-refractivity contribution is 0.863. The average Bonchev–Trinajstić information content (AvgIpc) is 2.95. The Kier molecular flexibility index (Phi) is 1.66. The Bertz CT molecular complexity index is 828. The first kappa shape index (κ1) is 9.65. The van der Waals surface area contributed by atoms with Crippen molar-refractivity contribution in [1.82, 2.24) is 14.4 Å². The number of benzene rings is 1. The van der Waals surface area contributed by atoms with Crippen molar-refractivity contribution in [3.8, 4) is 11.3 Å². The molecule has 0 saturated heterocycles. The van der Waals surface area contributed by atoms with Crippen molar-refractivity contribution < 1.29 is 0 Å². The van der Waals surface area contributed by atoms with Crippen LogP contribution in [-0.2, 0) is 0 Å². The van der Waals surface area contributed by atoms with E-state index in [1.165, 1.54) is 5.56 Å². The van der Waals surface area contributed by atoms with Gasteiger partial charge in [-0.1, -0.05) is 31.2 Å².